The van der Waals surface area contributed by atoms with Crippen LogP contribution in [0.5, 0.6) is 17.2 Å². The van der Waals surface area contributed by atoms with Crippen LogP contribution >= 0.6 is 15.9 Å². The topological polar surface area (TPSA) is 73.6 Å². The minimum atomic E-state index is -0.379. The lowest BCUT2D eigenvalue weighted by Crippen LogP contribution is -2.24. The number of aromatic hydroxyl groups is 1. The lowest BCUT2D eigenvalue weighted by atomic mass is 9.99. The highest BCUT2D eigenvalue weighted by Gasteiger charge is 2.16. The number of fused-ring (bicyclic) bond motifs is 1. The monoisotopic (exact) mass is 520 g/mol. The van der Waals surface area contributed by atoms with Crippen molar-refractivity contribution in [3.05, 3.63) is 93.5 Å². The molecule has 0 atom stereocenters. The molecule has 34 heavy (non-hydrogen) atoms. The van der Waals surface area contributed by atoms with Crippen LogP contribution in [0.2, 0.25) is 0 Å². The van der Waals surface area contributed by atoms with Gasteiger partial charge in [0.2, 0.25) is 0 Å². The van der Waals surface area contributed by atoms with E-state index in [9.17, 15) is 9.90 Å². The summed E-state index contributed by atoms with van der Waals surface area (Å²) in [6.07, 6.45) is 1.36. The van der Waals surface area contributed by atoms with E-state index >= 15 is 0 Å². The van der Waals surface area contributed by atoms with Crippen LogP contribution in [-0.2, 0) is 6.54 Å². The Bertz CT molecular complexity index is 1430. The summed E-state index contributed by atoms with van der Waals surface area (Å²) in [6.45, 7) is 8.15. The van der Waals surface area contributed by atoms with Crippen LogP contribution in [0.3, 0.4) is 0 Å². The molecule has 0 aliphatic rings. The number of aromatic nitrogens is 2. The van der Waals surface area contributed by atoms with Crippen molar-refractivity contribution >= 4 is 26.8 Å². The van der Waals surface area contributed by atoms with Crippen LogP contribution < -0.4 is 15.2 Å². The first-order valence-electron chi connectivity index (χ1n) is 10.8. The molecule has 3 aromatic carbocycles. The fourth-order valence-electron chi connectivity index (χ4n) is 3.88. The Morgan fingerprint density at radius 3 is 2.53 bits per heavy atom. The van der Waals surface area contributed by atoms with E-state index in [1.807, 2.05) is 24.3 Å². The Morgan fingerprint density at radius 2 is 1.88 bits per heavy atom. The highest BCUT2D eigenvalue weighted by atomic mass is 79.9. The van der Waals surface area contributed by atoms with Crippen molar-refractivity contribution in [2.24, 2.45) is 0 Å². The van der Waals surface area contributed by atoms with Gasteiger partial charge in [-0.1, -0.05) is 44.7 Å². The minimum absolute atomic E-state index is 0.00740. The fraction of sp³-hybridized carbons (Fsp3) is 0.185. The van der Waals surface area contributed by atoms with Crippen LogP contribution in [0.4, 0.5) is 0 Å². The summed E-state index contributed by atoms with van der Waals surface area (Å²) >= 11 is 3.35. The van der Waals surface area contributed by atoms with Gasteiger partial charge in [-0.05, 0) is 63.3 Å². The van der Waals surface area contributed by atoms with Crippen molar-refractivity contribution in [3.63, 3.8) is 0 Å². The average Bonchev–Trinajstić information content (AvgIpc) is 2.83. The predicted octanol–water partition coefficient (Wildman–Crippen LogP) is 6.23. The van der Waals surface area contributed by atoms with E-state index in [1.54, 1.807) is 22.8 Å². The Kier molecular flexibility index (Phi) is 6.75. The average molecular weight is 521 g/mol. The number of phenols is 1. The summed E-state index contributed by atoms with van der Waals surface area (Å²) in [5.41, 5.74) is 3.75. The van der Waals surface area contributed by atoms with Crippen molar-refractivity contribution in [3.8, 4) is 28.5 Å². The Morgan fingerprint density at radius 1 is 1.15 bits per heavy atom. The van der Waals surface area contributed by atoms with Crippen LogP contribution in [0.25, 0.3) is 22.2 Å². The maximum atomic E-state index is 13.2. The van der Waals surface area contributed by atoms with Gasteiger partial charge in [0.05, 0.1) is 35.6 Å². The number of hydrogen-bond acceptors (Lipinski definition) is 5. The number of halogens is 1. The Labute approximate surface area is 206 Å². The van der Waals surface area contributed by atoms with Gasteiger partial charge < -0.3 is 14.6 Å². The van der Waals surface area contributed by atoms with Gasteiger partial charge in [0.25, 0.3) is 0 Å². The third-order valence-electron chi connectivity index (χ3n) is 5.67. The number of nitrogens with zero attached hydrogens (tertiary/aromatic N) is 2. The van der Waals surface area contributed by atoms with E-state index in [4.69, 9.17) is 9.47 Å². The smallest absolute Gasteiger partial charge is 0.348 e. The van der Waals surface area contributed by atoms with Crippen LogP contribution in [0.15, 0.2) is 76.7 Å². The van der Waals surface area contributed by atoms with Gasteiger partial charge in [0.1, 0.15) is 5.75 Å². The molecule has 4 aromatic rings. The van der Waals surface area contributed by atoms with Crippen molar-refractivity contribution < 1.29 is 14.6 Å². The lowest BCUT2D eigenvalue weighted by Gasteiger charge is -2.15. The number of ether oxygens (including phenoxy) is 2. The summed E-state index contributed by atoms with van der Waals surface area (Å²) < 4.78 is 12.8. The largest absolute Gasteiger partial charge is 0.503 e. The maximum Gasteiger partial charge on any atom is 0.348 e. The van der Waals surface area contributed by atoms with Crippen molar-refractivity contribution in [1.29, 1.82) is 0 Å². The minimum Gasteiger partial charge on any atom is -0.503 e. The zero-order valence-electron chi connectivity index (χ0n) is 19.2. The standard InChI is InChI=1S/C27H25BrN2O4/c1-5-34-20-10-11-23-21(14-20)25(19-8-6-18(7-9-19)16(2)3)29-27(32)30(23)15-17-12-22(28)26(31)24(13-17)33-4/h5-14,16,31H,1,15H2,2-4H3. The van der Waals surface area contributed by atoms with E-state index in [1.165, 1.54) is 18.9 Å². The summed E-state index contributed by atoms with van der Waals surface area (Å²) in [7, 11) is 1.48. The number of rotatable bonds is 7. The molecule has 4 rings (SSSR count). The molecule has 0 fully saturated rings. The number of benzene rings is 3. The molecule has 174 valence electrons. The summed E-state index contributed by atoms with van der Waals surface area (Å²) in [5, 5.41) is 10.9. The molecule has 1 aromatic heterocycles. The second-order valence-electron chi connectivity index (χ2n) is 8.20. The SMILES string of the molecule is C=COc1ccc2c(c1)c(-c1ccc(C(C)C)cc1)nc(=O)n2Cc1cc(Br)c(O)c(OC)c1. The molecular formula is C27H25BrN2O4. The molecule has 0 unspecified atom stereocenters. The van der Waals surface area contributed by atoms with Crippen molar-refractivity contribution in [2.45, 2.75) is 26.3 Å². The molecule has 0 spiro atoms. The third kappa shape index (κ3) is 4.56. The second kappa shape index (κ2) is 9.73. The first kappa shape index (κ1) is 23.6. The van der Waals surface area contributed by atoms with Gasteiger partial charge >= 0.3 is 5.69 Å². The van der Waals surface area contributed by atoms with Gasteiger partial charge in [-0.25, -0.2) is 4.79 Å². The number of methoxy groups -OCH3 is 1. The molecule has 0 radical (unpaired) electrons. The second-order valence-corrected chi connectivity index (χ2v) is 9.05. The fourth-order valence-corrected chi connectivity index (χ4v) is 4.37. The highest BCUT2D eigenvalue weighted by molar-refractivity contribution is 9.10. The van der Waals surface area contributed by atoms with Crippen molar-refractivity contribution in [1.82, 2.24) is 9.55 Å². The number of hydrogen-bond donors (Lipinski definition) is 1. The first-order chi connectivity index (χ1) is 16.3. The molecule has 7 heteroatoms. The van der Waals surface area contributed by atoms with E-state index < -0.39 is 0 Å². The van der Waals surface area contributed by atoms with Gasteiger partial charge in [0.15, 0.2) is 11.5 Å². The van der Waals surface area contributed by atoms with Crippen LogP contribution in [0.1, 0.15) is 30.9 Å². The predicted molar refractivity (Wildman–Crippen MR) is 138 cm³/mol. The van der Waals surface area contributed by atoms with Crippen LogP contribution in [-0.4, -0.2) is 21.8 Å². The van der Waals surface area contributed by atoms with Gasteiger partial charge in [-0.2, -0.15) is 4.98 Å². The Hall–Kier alpha value is -3.58. The number of phenolic OH excluding ortho intramolecular Hbond substituents is 1. The zero-order valence-corrected chi connectivity index (χ0v) is 20.8. The van der Waals surface area contributed by atoms with E-state index in [0.717, 1.165) is 16.5 Å². The van der Waals surface area contributed by atoms with E-state index in [-0.39, 0.29) is 18.0 Å². The molecular weight excluding hydrogens is 496 g/mol. The normalized spacial score (nSPS) is 11.1. The zero-order chi connectivity index (χ0) is 24.4. The summed E-state index contributed by atoms with van der Waals surface area (Å²) in [5.74, 6) is 1.33. The molecule has 6 nitrogen and oxygen atoms in total. The molecule has 1 N–H and O–H groups in total. The third-order valence-corrected chi connectivity index (χ3v) is 6.28. The molecule has 0 aliphatic heterocycles. The van der Waals surface area contributed by atoms with Crippen LogP contribution in [0, 0.1) is 0 Å². The summed E-state index contributed by atoms with van der Waals surface area (Å²) in [6, 6.07) is 17.0. The quantitative estimate of drug-likeness (QED) is 0.292. The maximum absolute atomic E-state index is 13.2. The van der Waals surface area contributed by atoms with Crippen molar-refractivity contribution in [2.75, 3.05) is 7.11 Å². The molecule has 0 aliphatic carbocycles. The molecule has 0 saturated heterocycles. The van der Waals surface area contributed by atoms with Gasteiger partial charge in [0, 0.05) is 10.9 Å². The van der Waals surface area contributed by atoms with E-state index in [0.29, 0.717) is 33.1 Å². The molecule has 0 amide bonds. The Balaban J connectivity index is 1.90. The van der Waals surface area contributed by atoms with E-state index in [2.05, 4.69) is 53.5 Å². The first-order valence-corrected chi connectivity index (χ1v) is 11.6. The molecule has 1 heterocycles. The van der Waals surface area contributed by atoms with Gasteiger partial charge in [-0.15, -0.1) is 0 Å². The molecule has 0 saturated carbocycles. The molecule has 0 bridgehead atoms. The highest BCUT2D eigenvalue weighted by Crippen LogP contribution is 2.36. The van der Waals surface area contributed by atoms with Gasteiger partial charge in [-0.3, -0.25) is 4.57 Å². The summed E-state index contributed by atoms with van der Waals surface area (Å²) in [4.78, 5) is 17.7. The lowest BCUT2D eigenvalue weighted by molar-refractivity contribution is 0.371.